The second kappa shape index (κ2) is 8.93. The molecule has 0 saturated carbocycles. The first-order valence-electron chi connectivity index (χ1n) is 4.60. The van der Waals surface area contributed by atoms with Gasteiger partial charge in [0.1, 0.15) is 0 Å². The van der Waals surface area contributed by atoms with E-state index in [0.29, 0.717) is 0 Å². The summed E-state index contributed by atoms with van der Waals surface area (Å²) in [6.45, 7) is 5.58. The normalized spacial score (nSPS) is 11.0. The van der Waals surface area contributed by atoms with Crippen LogP contribution in [-0.2, 0) is 0 Å². The quantitative estimate of drug-likeness (QED) is 0.405. The molecule has 4 heteroatoms. The third-order valence-corrected chi connectivity index (χ3v) is 1.74. The highest BCUT2D eigenvalue weighted by molar-refractivity contribution is 4.55. The van der Waals surface area contributed by atoms with Crippen LogP contribution >= 0.6 is 0 Å². The van der Waals surface area contributed by atoms with Crippen LogP contribution in [0.25, 0.3) is 0 Å². The number of nitrogens with one attached hydrogen (secondary N) is 1. The first-order chi connectivity index (χ1) is 5.81. The molecule has 0 aliphatic heterocycles. The van der Waals surface area contributed by atoms with Crippen LogP contribution in [0.1, 0.15) is 6.42 Å². The van der Waals surface area contributed by atoms with Crippen LogP contribution in [0.2, 0.25) is 0 Å². The zero-order chi connectivity index (χ0) is 9.23. The number of likely N-dealkylation sites (N-methyl/N-ethyl adjacent to an activating group) is 1. The molecule has 0 aromatic heterocycles. The topological polar surface area (TPSA) is 67.3 Å². The lowest BCUT2D eigenvalue weighted by atomic mass is 10.4. The molecular weight excluding hydrogens is 152 g/mol. The van der Waals surface area contributed by atoms with E-state index in [0.717, 1.165) is 45.7 Å². The maximum atomic E-state index is 5.40. The van der Waals surface area contributed by atoms with Crippen molar-refractivity contribution in [2.75, 3.05) is 46.3 Å². The van der Waals surface area contributed by atoms with Crippen LogP contribution < -0.4 is 16.8 Å². The molecule has 0 aromatic carbocycles. The highest BCUT2D eigenvalue weighted by Crippen LogP contribution is 1.77. The Morgan fingerprint density at radius 3 is 2.42 bits per heavy atom. The summed E-state index contributed by atoms with van der Waals surface area (Å²) in [7, 11) is 2.08. The summed E-state index contributed by atoms with van der Waals surface area (Å²) in [5, 5.41) is 3.31. The average molecular weight is 174 g/mol. The van der Waals surface area contributed by atoms with Crippen molar-refractivity contribution >= 4 is 0 Å². The minimum Gasteiger partial charge on any atom is -0.330 e. The first kappa shape index (κ1) is 11.8. The molecule has 0 spiro atoms. The molecule has 0 aliphatic carbocycles. The fourth-order valence-corrected chi connectivity index (χ4v) is 0.954. The Morgan fingerprint density at radius 2 is 1.83 bits per heavy atom. The van der Waals surface area contributed by atoms with Gasteiger partial charge in [-0.15, -0.1) is 0 Å². The minimum atomic E-state index is 0.735. The van der Waals surface area contributed by atoms with E-state index in [-0.39, 0.29) is 0 Å². The summed E-state index contributed by atoms with van der Waals surface area (Å²) in [6, 6.07) is 0. The Morgan fingerprint density at radius 1 is 1.08 bits per heavy atom. The Bertz CT molecular complexity index is 87.1. The van der Waals surface area contributed by atoms with Gasteiger partial charge >= 0.3 is 0 Å². The van der Waals surface area contributed by atoms with Gasteiger partial charge in [0.05, 0.1) is 0 Å². The highest BCUT2D eigenvalue weighted by Gasteiger charge is 1.94. The van der Waals surface area contributed by atoms with Crippen molar-refractivity contribution in [2.24, 2.45) is 11.5 Å². The van der Waals surface area contributed by atoms with Gasteiger partial charge in [-0.3, -0.25) is 0 Å². The highest BCUT2D eigenvalue weighted by atomic mass is 15.1. The van der Waals surface area contributed by atoms with Crippen molar-refractivity contribution in [3.63, 3.8) is 0 Å². The molecule has 0 bridgehead atoms. The van der Waals surface area contributed by atoms with Crippen LogP contribution in [0.15, 0.2) is 0 Å². The SMILES string of the molecule is CN(CCN)CCNCCCN. The molecule has 0 amide bonds. The predicted molar refractivity (Wildman–Crippen MR) is 53.1 cm³/mol. The van der Waals surface area contributed by atoms with Gasteiger partial charge in [-0.25, -0.2) is 0 Å². The molecule has 0 fully saturated rings. The Balaban J connectivity index is 2.97. The molecule has 0 radical (unpaired) electrons. The summed E-state index contributed by atoms with van der Waals surface area (Å²) in [5.74, 6) is 0. The monoisotopic (exact) mass is 174 g/mol. The van der Waals surface area contributed by atoms with Crippen LogP contribution in [0.4, 0.5) is 0 Å². The molecule has 4 nitrogen and oxygen atoms in total. The molecule has 5 N–H and O–H groups in total. The molecule has 0 saturated heterocycles. The van der Waals surface area contributed by atoms with Gasteiger partial charge in [-0.2, -0.15) is 0 Å². The summed E-state index contributed by atoms with van der Waals surface area (Å²) < 4.78 is 0. The predicted octanol–water partition coefficient (Wildman–Crippen LogP) is -1.18. The zero-order valence-corrected chi connectivity index (χ0v) is 8.05. The van der Waals surface area contributed by atoms with Gasteiger partial charge in [0.2, 0.25) is 0 Å². The van der Waals surface area contributed by atoms with E-state index in [1.807, 2.05) is 0 Å². The van der Waals surface area contributed by atoms with Crippen molar-refractivity contribution in [1.29, 1.82) is 0 Å². The van der Waals surface area contributed by atoms with Crippen molar-refractivity contribution in [1.82, 2.24) is 10.2 Å². The van der Waals surface area contributed by atoms with Crippen LogP contribution in [-0.4, -0.2) is 51.2 Å². The molecule has 74 valence electrons. The number of nitrogens with two attached hydrogens (primary N) is 2. The first-order valence-corrected chi connectivity index (χ1v) is 4.60. The maximum Gasteiger partial charge on any atom is 0.0104 e. The number of hydrogen-bond acceptors (Lipinski definition) is 4. The fourth-order valence-electron chi connectivity index (χ4n) is 0.954. The summed E-state index contributed by atoms with van der Waals surface area (Å²) in [6.07, 6.45) is 1.06. The number of rotatable bonds is 8. The van der Waals surface area contributed by atoms with Gasteiger partial charge < -0.3 is 21.7 Å². The van der Waals surface area contributed by atoms with E-state index < -0.39 is 0 Å². The van der Waals surface area contributed by atoms with Gasteiger partial charge in [0, 0.05) is 26.2 Å². The van der Waals surface area contributed by atoms with Crippen molar-refractivity contribution in [3.8, 4) is 0 Å². The smallest absolute Gasteiger partial charge is 0.0104 e. The minimum absolute atomic E-state index is 0.735. The second-order valence-corrected chi connectivity index (χ2v) is 2.98. The molecule has 0 aliphatic rings. The largest absolute Gasteiger partial charge is 0.330 e. The van der Waals surface area contributed by atoms with Crippen molar-refractivity contribution < 1.29 is 0 Å². The van der Waals surface area contributed by atoms with E-state index in [4.69, 9.17) is 11.5 Å². The summed E-state index contributed by atoms with van der Waals surface area (Å²) >= 11 is 0. The van der Waals surface area contributed by atoms with Crippen molar-refractivity contribution in [2.45, 2.75) is 6.42 Å². The molecule has 0 unspecified atom stereocenters. The molecule has 12 heavy (non-hydrogen) atoms. The van der Waals surface area contributed by atoms with Gasteiger partial charge in [0.25, 0.3) is 0 Å². The summed E-state index contributed by atoms with van der Waals surface area (Å²) in [4.78, 5) is 2.22. The summed E-state index contributed by atoms with van der Waals surface area (Å²) in [5.41, 5.74) is 10.8. The number of nitrogens with zero attached hydrogens (tertiary/aromatic N) is 1. The van der Waals surface area contributed by atoms with Gasteiger partial charge in [-0.05, 0) is 26.6 Å². The van der Waals surface area contributed by atoms with Crippen LogP contribution in [0.5, 0.6) is 0 Å². The molecule has 0 aromatic rings. The van der Waals surface area contributed by atoms with E-state index in [9.17, 15) is 0 Å². The van der Waals surface area contributed by atoms with E-state index in [1.165, 1.54) is 0 Å². The van der Waals surface area contributed by atoms with E-state index >= 15 is 0 Å². The lowest BCUT2D eigenvalue weighted by Gasteiger charge is -2.15. The Labute approximate surface area is 75.3 Å². The maximum absolute atomic E-state index is 5.40. The van der Waals surface area contributed by atoms with Crippen molar-refractivity contribution in [3.05, 3.63) is 0 Å². The van der Waals surface area contributed by atoms with E-state index in [1.54, 1.807) is 0 Å². The molecular formula is C8H22N4. The van der Waals surface area contributed by atoms with Gasteiger partial charge in [0.15, 0.2) is 0 Å². The van der Waals surface area contributed by atoms with Gasteiger partial charge in [-0.1, -0.05) is 0 Å². The lowest BCUT2D eigenvalue weighted by Crippen LogP contribution is -2.33. The Kier molecular flexibility index (Phi) is 8.81. The van der Waals surface area contributed by atoms with Crippen LogP contribution in [0.3, 0.4) is 0 Å². The standard InChI is InChI=1S/C8H22N4/c1-12(7-4-10)8-6-11-5-2-3-9/h11H,2-10H2,1H3. The molecule has 0 atom stereocenters. The molecule has 0 rings (SSSR count). The lowest BCUT2D eigenvalue weighted by molar-refractivity contribution is 0.340. The third-order valence-electron chi connectivity index (χ3n) is 1.74. The zero-order valence-electron chi connectivity index (χ0n) is 8.05. The van der Waals surface area contributed by atoms with Crippen LogP contribution in [0, 0.1) is 0 Å². The molecule has 0 heterocycles. The Hall–Kier alpha value is -0.160. The number of hydrogen-bond donors (Lipinski definition) is 3. The average Bonchev–Trinajstić information content (AvgIpc) is 2.05. The fraction of sp³-hybridized carbons (Fsp3) is 1.00. The third kappa shape index (κ3) is 7.94. The second-order valence-electron chi connectivity index (χ2n) is 2.98. The van der Waals surface area contributed by atoms with E-state index in [2.05, 4.69) is 17.3 Å².